The molecule has 0 amide bonds. The van der Waals surface area contributed by atoms with Gasteiger partial charge in [0.1, 0.15) is 0 Å². The fourth-order valence-electron chi connectivity index (χ4n) is 6.98. The zero-order chi connectivity index (χ0) is 31.2. The molecule has 0 aromatic carbocycles. The van der Waals surface area contributed by atoms with E-state index < -0.39 is 18.4 Å². The first-order valence-electron chi connectivity index (χ1n) is 19.2. The fourth-order valence-corrected chi connectivity index (χ4v) is 23.2. The van der Waals surface area contributed by atoms with Crippen LogP contribution in [-0.2, 0) is 9.31 Å². The molecule has 1 heterocycles. The monoisotopic (exact) mass is 697 g/mol. The molecule has 0 saturated carbocycles. The molecule has 0 spiro atoms. The van der Waals surface area contributed by atoms with Crippen LogP contribution in [0, 0.1) is 0 Å². The molecule has 1 aliphatic rings. The summed E-state index contributed by atoms with van der Waals surface area (Å²) in [4.78, 5) is 0. The Labute approximate surface area is 270 Å². The van der Waals surface area contributed by atoms with Crippen LogP contribution >= 0.6 is 0 Å². The summed E-state index contributed by atoms with van der Waals surface area (Å²) in [5.74, 6) is 2.60. The summed E-state index contributed by atoms with van der Waals surface area (Å²) in [5.41, 5.74) is -0.505. The zero-order valence-corrected chi connectivity index (χ0v) is 33.2. The first-order valence-corrected chi connectivity index (χ1v) is 26.7. The molecule has 4 heteroatoms. The van der Waals surface area contributed by atoms with E-state index in [1.807, 2.05) is 3.59 Å². The minimum atomic E-state index is -2.66. The zero-order valence-electron chi connectivity index (χ0n) is 30.4. The Kier molecular flexibility index (Phi) is 23.0. The van der Waals surface area contributed by atoms with E-state index in [9.17, 15) is 0 Å². The van der Waals surface area contributed by atoms with E-state index in [2.05, 4.69) is 61.4 Å². The first-order chi connectivity index (χ1) is 20.2. The molecule has 0 aromatic heterocycles. The van der Waals surface area contributed by atoms with Crippen LogP contribution in [0.1, 0.15) is 203 Å². The van der Waals surface area contributed by atoms with Crippen LogP contribution in [0.25, 0.3) is 0 Å². The molecule has 0 bridgehead atoms. The van der Waals surface area contributed by atoms with E-state index >= 15 is 0 Å². The van der Waals surface area contributed by atoms with Crippen LogP contribution in [-0.4, -0.2) is 36.7 Å². The summed E-state index contributed by atoms with van der Waals surface area (Å²) in [5, 5.41) is 0. The average molecular weight is 696 g/mol. The van der Waals surface area contributed by atoms with Crippen molar-refractivity contribution in [2.45, 2.75) is 228 Å². The van der Waals surface area contributed by atoms with Gasteiger partial charge in [-0.2, -0.15) is 0 Å². The number of rotatable bonds is 28. The molecule has 0 atom stereocenters. The number of allylic oxidation sites excluding steroid dienone is 1. The summed E-state index contributed by atoms with van der Waals surface area (Å²) >= 11 is -2.66. The van der Waals surface area contributed by atoms with Crippen molar-refractivity contribution in [2.75, 3.05) is 0 Å². The van der Waals surface area contributed by atoms with Crippen molar-refractivity contribution in [3.63, 3.8) is 0 Å². The van der Waals surface area contributed by atoms with Gasteiger partial charge in [0.05, 0.1) is 0 Å². The molecule has 1 fully saturated rings. The van der Waals surface area contributed by atoms with Gasteiger partial charge in [0.25, 0.3) is 0 Å². The molecule has 1 saturated heterocycles. The van der Waals surface area contributed by atoms with Crippen LogP contribution in [0.15, 0.2) is 9.56 Å². The molecular weight excluding hydrogens is 618 g/mol. The summed E-state index contributed by atoms with van der Waals surface area (Å²) in [6.07, 6.45) is 32.4. The second-order valence-electron chi connectivity index (χ2n) is 15.0. The predicted molar refractivity (Wildman–Crippen MR) is 193 cm³/mol. The molecular formula is C38H77BO2Sn. The Morgan fingerprint density at radius 2 is 0.786 bits per heavy atom. The van der Waals surface area contributed by atoms with E-state index in [-0.39, 0.29) is 18.3 Å². The molecule has 1 aliphatic heterocycles. The maximum atomic E-state index is 6.66. The van der Waals surface area contributed by atoms with Gasteiger partial charge >= 0.3 is 272 Å². The predicted octanol–water partition coefficient (Wildman–Crippen LogP) is 13.6. The number of hydrogen-bond donors (Lipinski definition) is 0. The van der Waals surface area contributed by atoms with Crippen molar-refractivity contribution in [3.8, 4) is 0 Å². The van der Waals surface area contributed by atoms with E-state index in [4.69, 9.17) is 9.31 Å². The SMILES string of the molecule is CCCCCCC[CH2][Sn]([CH2]CCCCCCC)([CH2]CCCCCCC)/[C](=C\B1OC(C)(C)C(C)(C)O1)CCCCCC. The van der Waals surface area contributed by atoms with Crippen molar-refractivity contribution >= 4 is 25.5 Å². The third-order valence-electron chi connectivity index (χ3n) is 10.6. The van der Waals surface area contributed by atoms with E-state index in [0.29, 0.717) is 0 Å². The third-order valence-corrected chi connectivity index (χ3v) is 26.9. The Morgan fingerprint density at radius 3 is 1.14 bits per heavy atom. The van der Waals surface area contributed by atoms with Gasteiger partial charge in [0.2, 0.25) is 0 Å². The molecule has 42 heavy (non-hydrogen) atoms. The third kappa shape index (κ3) is 16.2. The summed E-state index contributed by atoms with van der Waals surface area (Å²) in [6, 6.07) is 0. The molecule has 2 nitrogen and oxygen atoms in total. The van der Waals surface area contributed by atoms with Crippen LogP contribution in [0.5, 0.6) is 0 Å². The Morgan fingerprint density at radius 1 is 0.476 bits per heavy atom. The van der Waals surface area contributed by atoms with Gasteiger partial charge in [-0.1, -0.05) is 0 Å². The quantitative estimate of drug-likeness (QED) is 0.0599. The van der Waals surface area contributed by atoms with E-state index in [0.717, 1.165) is 0 Å². The van der Waals surface area contributed by atoms with Crippen LogP contribution in [0.3, 0.4) is 0 Å². The molecule has 1 rings (SSSR count). The molecule has 0 unspecified atom stereocenters. The minimum absolute atomic E-state index is 0.161. The number of unbranched alkanes of at least 4 members (excludes halogenated alkanes) is 18. The van der Waals surface area contributed by atoms with Crippen LogP contribution in [0.2, 0.25) is 13.3 Å². The fraction of sp³-hybridized carbons (Fsp3) is 0.947. The van der Waals surface area contributed by atoms with Crippen molar-refractivity contribution in [1.82, 2.24) is 0 Å². The standard InChI is InChI=1S/C14H26BO2.3C8H17.Sn/c1-6-7-8-9-10-11-12-15-16-13(2,3)14(4,5)17-15;3*1-3-5-7-8-6-4-2;/h12H,6-10H2,1-5H3;3*1,3-8H2,2H3;. The Bertz CT molecular complexity index is 617. The summed E-state index contributed by atoms with van der Waals surface area (Å²) < 4.78 is 20.0. The second kappa shape index (κ2) is 23.8. The van der Waals surface area contributed by atoms with Gasteiger partial charge < -0.3 is 0 Å². The average Bonchev–Trinajstić information content (AvgIpc) is 3.16. The molecule has 0 aliphatic carbocycles. The molecule has 0 aromatic rings. The topological polar surface area (TPSA) is 18.5 Å². The van der Waals surface area contributed by atoms with Crippen LogP contribution < -0.4 is 0 Å². The summed E-state index contributed by atoms with van der Waals surface area (Å²) in [6.45, 7) is 18.3. The Balaban J connectivity index is 3.28. The van der Waals surface area contributed by atoms with Crippen LogP contribution in [0.4, 0.5) is 0 Å². The van der Waals surface area contributed by atoms with Crippen molar-refractivity contribution in [3.05, 3.63) is 9.56 Å². The van der Waals surface area contributed by atoms with Gasteiger partial charge in [0.15, 0.2) is 0 Å². The van der Waals surface area contributed by atoms with E-state index in [1.165, 1.54) is 148 Å². The molecule has 248 valence electrons. The van der Waals surface area contributed by atoms with Gasteiger partial charge in [0, 0.05) is 0 Å². The van der Waals surface area contributed by atoms with Gasteiger partial charge in [-0.3, -0.25) is 0 Å². The second-order valence-corrected chi connectivity index (χ2v) is 28.4. The van der Waals surface area contributed by atoms with Crippen molar-refractivity contribution < 1.29 is 9.31 Å². The number of hydrogen-bond acceptors (Lipinski definition) is 2. The first kappa shape index (κ1) is 40.5. The van der Waals surface area contributed by atoms with Crippen molar-refractivity contribution in [2.24, 2.45) is 0 Å². The molecule has 0 radical (unpaired) electrons. The normalized spacial score (nSPS) is 17.0. The Hall–Kier alpha value is 0.524. The van der Waals surface area contributed by atoms with Gasteiger partial charge in [-0.25, -0.2) is 0 Å². The van der Waals surface area contributed by atoms with Crippen molar-refractivity contribution in [1.29, 1.82) is 0 Å². The van der Waals surface area contributed by atoms with Gasteiger partial charge in [-0.15, -0.1) is 0 Å². The van der Waals surface area contributed by atoms with Gasteiger partial charge in [-0.05, 0) is 0 Å². The summed E-state index contributed by atoms with van der Waals surface area (Å²) in [7, 11) is -0.161. The molecule has 0 N–H and O–H groups in total. The van der Waals surface area contributed by atoms with E-state index in [1.54, 1.807) is 13.3 Å². The maximum absolute atomic E-state index is 6.66.